The Morgan fingerprint density at radius 2 is 1.52 bits per heavy atom. The minimum Gasteiger partial charge on any atom is -0.437 e. The molecule has 9 rings (SSSR count). The lowest BCUT2D eigenvalue weighted by Gasteiger charge is -2.22. The maximum atomic E-state index is 6.76. The Bertz CT molecular complexity index is 2660. The number of allylic oxidation sites excluding steroid dienone is 4. The second-order valence-electron chi connectivity index (χ2n) is 13.9. The van der Waals surface area contributed by atoms with E-state index < -0.39 is 0 Å². The first-order chi connectivity index (χ1) is 24.5. The van der Waals surface area contributed by atoms with Crippen LogP contribution in [0.1, 0.15) is 56.5 Å². The third-order valence-electron chi connectivity index (χ3n) is 10.4. The van der Waals surface area contributed by atoms with Crippen molar-refractivity contribution in [2.45, 2.75) is 46.5 Å². The predicted octanol–water partition coefficient (Wildman–Crippen LogP) is 12.0. The fourth-order valence-corrected chi connectivity index (χ4v) is 7.43. The minimum atomic E-state index is 0.317. The van der Waals surface area contributed by atoms with Gasteiger partial charge in [0, 0.05) is 44.6 Å². The molecule has 8 aromatic rings. The van der Waals surface area contributed by atoms with Gasteiger partial charge in [0.1, 0.15) is 11.4 Å². The molecular weight excluding hydrogens is 613 g/mol. The van der Waals surface area contributed by atoms with Gasteiger partial charge in [-0.15, -0.1) is 0 Å². The number of rotatable bonds is 6. The highest BCUT2D eigenvalue weighted by atomic mass is 16.3. The lowest BCUT2D eigenvalue weighted by molar-refractivity contribution is 0.521. The minimum absolute atomic E-state index is 0.317. The number of para-hydroxylation sites is 2. The summed E-state index contributed by atoms with van der Waals surface area (Å²) in [5.74, 6) is 1.60. The molecule has 0 amide bonds. The standard InChI is InChI=1S/C45H38N4O/c1-27(2)29(4)38-26-24-36-35-19-12-20-37(43(35)50-45(36)48-38)44-47-39-25-23-32-22-21-28(3)46-40(32)42(39)49(44)41-33(30-13-7-5-8-14-30)17-11-18-34(41)31-15-9-6-10-16-31/h5-9,11-15,17-27,29H,10,16H2,1-4H3. The summed E-state index contributed by atoms with van der Waals surface area (Å²) >= 11 is 0. The van der Waals surface area contributed by atoms with E-state index in [9.17, 15) is 0 Å². The van der Waals surface area contributed by atoms with Crippen LogP contribution in [0.4, 0.5) is 0 Å². The molecule has 244 valence electrons. The largest absolute Gasteiger partial charge is 0.437 e. The second kappa shape index (κ2) is 12.0. The van der Waals surface area contributed by atoms with E-state index in [1.54, 1.807) is 0 Å². The van der Waals surface area contributed by atoms with Crippen LogP contribution in [0.25, 0.3) is 77.8 Å². The molecule has 1 unspecified atom stereocenters. The highest BCUT2D eigenvalue weighted by Crippen LogP contribution is 2.44. The number of hydrogen-bond donors (Lipinski definition) is 0. The van der Waals surface area contributed by atoms with Gasteiger partial charge in [-0.3, -0.25) is 9.55 Å². The van der Waals surface area contributed by atoms with Crippen molar-refractivity contribution >= 4 is 49.6 Å². The summed E-state index contributed by atoms with van der Waals surface area (Å²) in [6.45, 7) is 8.76. The highest BCUT2D eigenvalue weighted by Gasteiger charge is 2.26. The van der Waals surface area contributed by atoms with Crippen molar-refractivity contribution in [3.8, 4) is 28.2 Å². The van der Waals surface area contributed by atoms with Crippen LogP contribution < -0.4 is 0 Å². The van der Waals surface area contributed by atoms with Crippen LogP contribution in [0, 0.1) is 12.8 Å². The topological polar surface area (TPSA) is 56.7 Å². The monoisotopic (exact) mass is 650 g/mol. The van der Waals surface area contributed by atoms with E-state index in [2.05, 4.69) is 154 Å². The van der Waals surface area contributed by atoms with Crippen molar-refractivity contribution in [1.29, 1.82) is 0 Å². The van der Waals surface area contributed by atoms with Gasteiger partial charge in [0.25, 0.3) is 0 Å². The number of fused-ring (bicyclic) bond motifs is 6. The first-order valence-corrected chi connectivity index (χ1v) is 17.6. The van der Waals surface area contributed by atoms with Crippen LogP contribution in [0.3, 0.4) is 0 Å². The average molecular weight is 651 g/mol. The van der Waals surface area contributed by atoms with Crippen molar-refractivity contribution in [3.05, 3.63) is 138 Å². The first-order valence-electron chi connectivity index (χ1n) is 17.6. The fourth-order valence-electron chi connectivity index (χ4n) is 7.43. The van der Waals surface area contributed by atoms with Gasteiger partial charge < -0.3 is 4.42 Å². The number of imidazole rings is 1. The van der Waals surface area contributed by atoms with Gasteiger partial charge in [-0.1, -0.05) is 112 Å². The molecule has 1 aliphatic carbocycles. The molecule has 4 aromatic carbocycles. The van der Waals surface area contributed by atoms with E-state index in [0.717, 1.165) is 90.7 Å². The quantitative estimate of drug-likeness (QED) is 0.180. The molecule has 1 atom stereocenters. The Morgan fingerprint density at radius 3 is 2.34 bits per heavy atom. The van der Waals surface area contributed by atoms with Gasteiger partial charge in [0.05, 0.1) is 27.8 Å². The molecule has 4 heterocycles. The van der Waals surface area contributed by atoms with Crippen LogP contribution in [-0.2, 0) is 0 Å². The van der Waals surface area contributed by atoms with E-state index in [1.165, 1.54) is 11.1 Å². The van der Waals surface area contributed by atoms with E-state index >= 15 is 0 Å². The molecule has 5 nitrogen and oxygen atoms in total. The third kappa shape index (κ3) is 4.87. The molecule has 5 heteroatoms. The Balaban J connectivity index is 1.42. The Labute approximate surface area is 291 Å². The van der Waals surface area contributed by atoms with Gasteiger partial charge in [-0.2, -0.15) is 0 Å². The van der Waals surface area contributed by atoms with Gasteiger partial charge in [-0.05, 0) is 67.2 Å². The van der Waals surface area contributed by atoms with E-state index in [4.69, 9.17) is 19.4 Å². The zero-order valence-corrected chi connectivity index (χ0v) is 28.8. The number of benzene rings is 4. The molecular formula is C45H38N4O. The molecule has 0 bridgehead atoms. The Morgan fingerprint density at radius 1 is 0.720 bits per heavy atom. The van der Waals surface area contributed by atoms with Crippen LogP contribution in [0.15, 0.2) is 126 Å². The lowest BCUT2D eigenvalue weighted by atomic mass is 9.91. The number of furan rings is 1. The second-order valence-corrected chi connectivity index (χ2v) is 13.9. The van der Waals surface area contributed by atoms with Crippen molar-refractivity contribution in [3.63, 3.8) is 0 Å². The highest BCUT2D eigenvalue weighted by molar-refractivity contribution is 6.10. The number of aromatic nitrogens is 4. The first kappa shape index (κ1) is 30.3. The van der Waals surface area contributed by atoms with E-state index in [-0.39, 0.29) is 0 Å². The molecule has 50 heavy (non-hydrogen) atoms. The number of nitrogens with zero attached hydrogens (tertiary/aromatic N) is 4. The molecule has 0 saturated heterocycles. The summed E-state index contributed by atoms with van der Waals surface area (Å²) in [5, 5.41) is 3.12. The van der Waals surface area contributed by atoms with Crippen LogP contribution >= 0.6 is 0 Å². The van der Waals surface area contributed by atoms with E-state index in [0.29, 0.717) is 17.5 Å². The Hall–Kier alpha value is -5.81. The zero-order valence-electron chi connectivity index (χ0n) is 28.8. The van der Waals surface area contributed by atoms with Gasteiger partial charge in [-0.25, -0.2) is 9.97 Å². The number of aryl methyl sites for hydroxylation is 1. The summed E-state index contributed by atoms with van der Waals surface area (Å²) in [4.78, 5) is 15.7. The fraction of sp³-hybridized carbons (Fsp3) is 0.178. The molecule has 1 aliphatic rings. The van der Waals surface area contributed by atoms with Gasteiger partial charge in [0.2, 0.25) is 5.71 Å². The maximum Gasteiger partial charge on any atom is 0.227 e. The van der Waals surface area contributed by atoms with Crippen molar-refractivity contribution < 1.29 is 4.42 Å². The molecule has 0 radical (unpaired) electrons. The molecule has 4 aromatic heterocycles. The zero-order chi connectivity index (χ0) is 33.9. The summed E-state index contributed by atoms with van der Waals surface area (Å²) in [6, 6.07) is 36.5. The van der Waals surface area contributed by atoms with E-state index in [1.807, 2.05) is 0 Å². The SMILES string of the molecule is Cc1ccc2ccc3nc(-c4cccc5c4oc4nc(C(C)C(C)C)ccc45)n(-c4c(C5=CC=CCC5)cccc4-c4ccccc4)c3c2n1. The van der Waals surface area contributed by atoms with Gasteiger partial charge in [0.15, 0.2) is 0 Å². The summed E-state index contributed by atoms with van der Waals surface area (Å²) in [7, 11) is 0. The summed E-state index contributed by atoms with van der Waals surface area (Å²) in [5.41, 5.74) is 13.0. The summed E-state index contributed by atoms with van der Waals surface area (Å²) in [6.07, 6.45) is 8.65. The Kier molecular flexibility index (Phi) is 7.24. The number of pyridine rings is 2. The van der Waals surface area contributed by atoms with Crippen LogP contribution in [0.2, 0.25) is 0 Å². The van der Waals surface area contributed by atoms with Crippen LogP contribution in [0.5, 0.6) is 0 Å². The van der Waals surface area contributed by atoms with Crippen molar-refractivity contribution in [1.82, 2.24) is 19.5 Å². The summed E-state index contributed by atoms with van der Waals surface area (Å²) < 4.78 is 9.13. The lowest BCUT2D eigenvalue weighted by Crippen LogP contribution is -2.06. The molecule has 0 spiro atoms. The molecule has 0 aliphatic heterocycles. The third-order valence-corrected chi connectivity index (χ3v) is 10.4. The van der Waals surface area contributed by atoms with Crippen molar-refractivity contribution in [2.24, 2.45) is 5.92 Å². The maximum absolute atomic E-state index is 6.76. The normalized spacial score (nSPS) is 14.0. The molecule has 0 N–H and O–H groups in total. The smallest absolute Gasteiger partial charge is 0.227 e. The number of hydrogen-bond acceptors (Lipinski definition) is 4. The molecule has 0 saturated carbocycles. The average Bonchev–Trinajstić information content (AvgIpc) is 3.73. The van der Waals surface area contributed by atoms with Gasteiger partial charge >= 0.3 is 0 Å². The molecule has 0 fully saturated rings. The van der Waals surface area contributed by atoms with Crippen LogP contribution in [-0.4, -0.2) is 19.5 Å². The van der Waals surface area contributed by atoms with Crippen molar-refractivity contribution in [2.75, 3.05) is 0 Å². The predicted molar refractivity (Wildman–Crippen MR) is 207 cm³/mol.